The van der Waals surface area contributed by atoms with Crippen molar-refractivity contribution in [3.8, 4) is 0 Å². The molecule has 0 aromatic carbocycles. The molecule has 0 bridgehead atoms. The van der Waals surface area contributed by atoms with Gasteiger partial charge in [0, 0.05) is 6.08 Å². The van der Waals surface area contributed by atoms with Gasteiger partial charge >= 0.3 is 11.9 Å². The molecule has 6 heteroatoms. The number of hydrogen-bond donors (Lipinski definition) is 0. The normalized spacial score (nSPS) is 9.83. The molecule has 0 N–H and O–H groups in total. The minimum Gasteiger partial charge on any atom is -0.466 e. The van der Waals surface area contributed by atoms with E-state index < -0.39 is 5.97 Å². The van der Waals surface area contributed by atoms with Crippen molar-refractivity contribution in [2.75, 3.05) is 39.6 Å². The quantitative estimate of drug-likeness (QED) is 0.309. The van der Waals surface area contributed by atoms with Crippen molar-refractivity contribution in [1.82, 2.24) is 0 Å². The highest BCUT2D eigenvalue weighted by Crippen LogP contribution is 1.88. The first kappa shape index (κ1) is 16.6. The molecule has 0 fully saturated rings. The molecule has 0 radical (unpaired) electrons. The van der Waals surface area contributed by atoms with E-state index in [9.17, 15) is 9.59 Å². The Kier molecular flexibility index (Phi) is 11.1. The van der Waals surface area contributed by atoms with Gasteiger partial charge in [0.25, 0.3) is 0 Å². The molecule has 0 aliphatic rings. The van der Waals surface area contributed by atoms with Crippen molar-refractivity contribution >= 4 is 11.9 Å². The monoisotopic (exact) mass is 260 g/mol. The topological polar surface area (TPSA) is 71.1 Å². The minimum absolute atomic E-state index is 0.188. The van der Waals surface area contributed by atoms with Crippen LogP contribution in [0.2, 0.25) is 0 Å². The van der Waals surface area contributed by atoms with E-state index in [0.29, 0.717) is 33.0 Å². The fourth-order valence-corrected chi connectivity index (χ4v) is 0.971. The number of hydrogen-bond acceptors (Lipinski definition) is 6. The predicted octanol–water partition coefficient (Wildman–Crippen LogP) is 0.702. The fraction of sp³-hybridized carbons (Fsp3) is 0.667. The number of rotatable bonds is 11. The summed E-state index contributed by atoms with van der Waals surface area (Å²) in [6.07, 6.45) is 1.34. The summed E-state index contributed by atoms with van der Waals surface area (Å²) >= 11 is 0. The van der Waals surface area contributed by atoms with Crippen LogP contribution < -0.4 is 0 Å². The van der Waals surface area contributed by atoms with Crippen LogP contribution in [0.1, 0.15) is 13.3 Å². The molecule has 6 nitrogen and oxygen atoms in total. The first-order valence-corrected chi connectivity index (χ1v) is 5.81. The van der Waals surface area contributed by atoms with Gasteiger partial charge in [-0.15, -0.1) is 0 Å². The Hall–Kier alpha value is -1.40. The molecule has 18 heavy (non-hydrogen) atoms. The predicted molar refractivity (Wildman–Crippen MR) is 64.0 cm³/mol. The molecule has 0 rings (SSSR count). The minimum atomic E-state index is -0.468. The van der Waals surface area contributed by atoms with Gasteiger partial charge in [-0.2, -0.15) is 0 Å². The van der Waals surface area contributed by atoms with Crippen LogP contribution in [0.15, 0.2) is 12.7 Å². The number of esters is 2. The van der Waals surface area contributed by atoms with Crippen molar-refractivity contribution in [3.05, 3.63) is 12.7 Å². The van der Waals surface area contributed by atoms with Crippen LogP contribution in [0.3, 0.4) is 0 Å². The van der Waals surface area contributed by atoms with Crippen LogP contribution in [-0.2, 0) is 28.5 Å². The van der Waals surface area contributed by atoms with Crippen LogP contribution in [0, 0.1) is 0 Å². The smallest absolute Gasteiger partial charge is 0.330 e. The third kappa shape index (κ3) is 11.1. The van der Waals surface area contributed by atoms with Gasteiger partial charge in [-0.1, -0.05) is 6.58 Å². The Morgan fingerprint density at radius 1 is 1.00 bits per heavy atom. The summed E-state index contributed by atoms with van der Waals surface area (Å²) in [6, 6.07) is 0. The summed E-state index contributed by atoms with van der Waals surface area (Å²) < 4.78 is 19.7. The highest BCUT2D eigenvalue weighted by Gasteiger charge is 2.00. The zero-order valence-electron chi connectivity index (χ0n) is 10.7. The summed E-state index contributed by atoms with van der Waals surface area (Å²) in [5, 5.41) is 0. The molecule has 0 saturated heterocycles. The molecule has 104 valence electrons. The van der Waals surface area contributed by atoms with Gasteiger partial charge in [-0.25, -0.2) is 4.79 Å². The lowest BCUT2D eigenvalue weighted by molar-refractivity contribution is -0.144. The van der Waals surface area contributed by atoms with Gasteiger partial charge < -0.3 is 18.9 Å². The van der Waals surface area contributed by atoms with E-state index in [0.717, 1.165) is 6.08 Å². The van der Waals surface area contributed by atoms with E-state index in [1.54, 1.807) is 6.92 Å². The summed E-state index contributed by atoms with van der Waals surface area (Å²) in [5.41, 5.74) is 0. The largest absolute Gasteiger partial charge is 0.466 e. The van der Waals surface area contributed by atoms with E-state index in [-0.39, 0.29) is 19.0 Å². The highest BCUT2D eigenvalue weighted by molar-refractivity contribution is 5.81. The van der Waals surface area contributed by atoms with Crippen LogP contribution >= 0.6 is 0 Å². The number of carbonyl (C=O) groups excluding carboxylic acids is 2. The Bertz CT molecular complexity index is 251. The first-order valence-electron chi connectivity index (χ1n) is 5.81. The van der Waals surface area contributed by atoms with Gasteiger partial charge in [-0.05, 0) is 6.92 Å². The first-order chi connectivity index (χ1) is 8.70. The third-order valence-electron chi connectivity index (χ3n) is 1.77. The Balaban J connectivity index is 3.14. The Morgan fingerprint density at radius 3 is 2.22 bits per heavy atom. The lowest BCUT2D eigenvalue weighted by Crippen LogP contribution is -2.13. The van der Waals surface area contributed by atoms with Gasteiger partial charge in [-0.3, -0.25) is 4.79 Å². The number of carbonyl (C=O) groups is 2. The van der Waals surface area contributed by atoms with Crippen LogP contribution in [0.4, 0.5) is 0 Å². The van der Waals surface area contributed by atoms with Crippen molar-refractivity contribution in [1.29, 1.82) is 0 Å². The summed E-state index contributed by atoms with van der Waals surface area (Å²) in [5.74, 6) is -0.737. The van der Waals surface area contributed by atoms with Crippen LogP contribution in [0.25, 0.3) is 0 Å². The second kappa shape index (κ2) is 12.1. The lowest BCUT2D eigenvalue weighted by atomic mass is 10.5. The third-order valence-corrected chi connectivity index (χ3v) is 1.77. The summed E-state index contributed by atoms with van der Waals surface area (Å²) in [6.45, 7) is 6.97. The maximum atomic E-state index is 10.9. The highest BCUT2D eigenvalue weighted by atomic mass is 16.6. The van der Waals surface area contributed by atoms with E-state index >= 15 is 0 Å². The summed E-state index contributed by atoms with van der Waals surface area (Å²) in [7, 11) is 0. The van der Waals surface area contributed by atoms with E-state index in [1.807, 2.05) is 0 Å². The van der Waals surface area contributed by atoms with E-state index in [1.165, 1.54) is 0 Å². The molecule has 0 unspecified atom stereocenters. The molecular formula is C12H20O6. The SMILES string of the molecule is C=CC(=O)OCCOCCOCCC(=O)OCC. The molecule has 0 spiro atoms. The molecule has 0 saturated carbocycles. The molecule has 0 aromatic rings. The molecule has 0 heterocycles. The van der Waals surface area contributed by atoms with Crippen molar-refractivity contribution < 1.29 is 28.5 Å². The van der Waals surface area contributed by atoms with E-state index in [2.05, 4.69) is 6.58 Å². The van der Waals surface area contributed by atoms with Gasteiger partial charge in [0.05, 0.1) is 39.5 Å². The van der Waals surface area contributed by atoms with E-state index in [4.69, 9.17) is 18.9 Å². The maximum absolute atomic E-state index is 10.9. The summed E-state index contributed by atoms with van der Waals surface area (Å²) in [4.78, 5) is 21.6. The van der Waals surface area contributed by atoms with Gasteiger partial charge in [0.1, 0.15) is 6.61 Å². The fourth-order valence-electron chi connectivity index (χ4n) is 0.971. The average Bonchev–Trinajstić information content (AvgIpc) is 2.36. The number of ether oxygens (including phenoxy) is 4. The second-order valence-corrected chi connectivity index (χ2v) is 3.15. The van der Waals surface area contributed by atoms with Crippen LogP contribution in [0.5, 0.6) is 0 Å². The molecule has 0 aliphatic carbocycles. The Labute approximate surface area is 107 Å². The van der Waals surface area contributed by atoms with Crippen LogP contribution in [-0.4, -0.2) is 51.6 Å². The van der Waals surface area contributed by atoms with Gasteiger partial charge in [0.2, 0.25) is 0 Å². The molecule has 0 amide bonds. The second-order valence-electron chi connectivity index (χ2n) is 3.15. The zero-order chi connectivity index (χ0) is 13.6. The molecule has 0 aliphatic heterocycles. The molecule has 0 aromatic heterocycles. The Morgan fingerprint density at radius 2 is 1.61 bits per heavy atom. The molecular weight excluding hydrogens is 240 g/mol. The zero-order valence-corrected chi connectivity index (χ0v) is 10.7. The standard InChI is InChI=1S/C12H20O6/c1-3-11(13)18-10-9-16-8-7-15-6-5-12(14)17-4-2/h3H,1,4-10H2,2H3. The van der Waals surface area contributed by atoms with Crippen molar-refractivity contribution in [2.24, 2.45) is 0 Å². The molecule has 0 atom stereocenters. The lowest BCUT2D eigenvalue weighted by Gasteiger charge is -2.06. The maximum Gasteiger partial charge on any atom is 0.330 e. The average molecular weight is 260 g/mol. The van der Waals surface area contributed by atoms with Crippen molar-refractivity contribution in [3.63, 3.8) is 0 Å². The van der Waals surface area contributed by atoms with Gasteiger partial charge in [0.15, 0.2) is 0 Å². The van der Waals surface area contributed by atoms with Crippen molar-refractivity contribution in [2.45, 2.75) is 13.3 Å².